The van der Waals surface area contributed by atoms with Crippen LogP contribution in [0.15, 0.2) is 20.7 Å². The van der Waals surface area contributed by atoms with Crippen molar-refractivity contribution in [1.29, 1.82) is 0 Å². The summed E-state index contributed by atoms with van der Waals surface area (Å²) in [5, 5.41) is 18.2. The largest absolute Gasteiger partial charge is 0.161 e. The Labute approximate surface area is 145 Å². The summed E-state index contributed by atoms with van der Waals surface area (Å²) in [5.41, 5.74) is 0.296. The first-order valence-electron chi connectivity index (χ1n) is 10.5. The van der Waals surface area contributed by atoms with Crippen LogP contribution in [0.3, 0.4) is 0 Å². The molecular formula is C20H30N4. The predicted molar refractivity (Wildman–Crippen MR) is 91.5 cm³/mol. The molecule has 0 spiro atoms. The molecule has 4 nitrogen and oxygen atoms in total. The Morgan fingerprint density at radius 3 is 0.917 bits per heavy atom. The monoisotopic (exact) mass is 326 g/mol. The highest BCUT2D eigenvalue weighted by atomic mass is 15.5. The number of hydrogen-bond acceptors (Lipinski definition) is 2. The Morgan fingerprint density at radius 1 is 0.417 bits per heavy atom. The Hall–Kier alpha value is -0.800. The molecule has 8 saturated carbocycles. The molecular weight excluding hydrogens is 296 g/mol. The van der Waals surface area contributed by atoms with Crippen LogP contribution in [0.25, 0.3) is 0 Å². The molecule has 130 valence electrons. The quantitative estimate of drug-likeness (QED) is 0.469. The maximum Gasteiger partial charge on any atom is 0.0846 e. The maximum atomic E-state index is 4.80. The summed E-state index contributed by atoms with van der Waals surface area (Å²) in [4.78, 5) is 0. The topological polar surface area (TPSA) is 49.4 Å². The van der Waals surface area contributed by atoms with Crippen molar-refractivity contribution in [3.05, 3.63) is 0 Å². The normalized spacial score (nSPS) is 57.7. The highest BCUT2D eigenvalue weighted by molar-refractivity contribution is 5.07. The Morgan fingerprint density at radius 2 is 0.667 bits per heavy atom. The molecule has 0 aliphatic heterocycles. The zero-order chi connectivity index (χ0) is 15.8. The van der Waals surface area contributed by atoms with E-state index in [1.165, 1.54) is 77.0 Å². The predicted octanol–water partition coefficient (Wildman–Crippen LogP) is 5.74. The molecule has 0 unspecified atom stereocenters. The van der Waals surface area contributed by atoms with E-state index >= 15 is 0 Å². The second kappa shape index (κ2) is 4.88. The van der Waals surface area contributed by atoms with Gasteiger partial charge in [-0.25, -0.2) is 0 Å². The van der Waals surface area contributed by atoms with Gasteiger partial charge in [0.05, 0.1) is 11.1 Å². The van der Waals surface area contributed by atoms with Gasteiger partial charge in [0.15, 0.2) is 0 Å². The Kier molecular flexibility index (Phi) is 2.93. The third-order valence-corrected chi connectivity index (χ3v) is 8.57. The van der Waals surface area contributed by atoms with Crippen LogP contribution in [-0.2, 0) is 0 Å². The van der Waals surface area contributed by atoms with Crippen LogP contribution in [0.1, 0.15) is 77.0 Å². The molecule has 0 heterocycles. The molecule has 0 saturated heterocycles. The lowest BCUT2D eigenvalue weighted by atomic mass is 9.53. The SMILES string of the molecule is C1C2CC3CC1CC(N=NN=NC14CC5CC(CC(C5)C1)C4)(C2)C3. The van der Waals surface area contributed by atoms with Crippen molar-refractivity contribution in [3.8, 4) is 0 Å². The molecule has 8 rings (SSSR count). The summed E-state index contributed by atoms with van der Waals surface area (Å²) >= 11 is 0. The molecule has 0 aromatic carbocycles. The van der Waals surface area contributed by atoms with Crippen molar-refractivity contribution in [1.82, 2.24) is 0 Å². The first kappa shape index (κ1) is 14.4. The third kappa shape index (κ3) is 2.24. The van der Waals surface area contributed by atoms with Crippen LogP contribution in [0, 0.1) is 35.5 Å². The molecule has 8 aliphatic rings. The zero-order valence-electron chi connectivity index (χ0n) is 14.7. The van der Waals surface area contributed by atoms with Crippen molar-refractivity contribution < 1.29 is 0 Å². The van der Waals surface area contributed by atoms with E-state index in [4.69, 9.17) is 10.2 Å². The Balaban J connectivity index is 1.18. The summed E-state index contributed by atoms with van der Waals surface area (Å²) < 4.78 is 0. The average molecular weight is 326 g/mol. The minimum absolute atomic E-state index is 0.148. The second-order valence-corrected chi connectivity index (χ2v) is 10.7. The smallest absolute Gasteiger partial charge is 0.0846 e. The van der Waals surface area contributed by atoms with Gasteiger partial charge in [0, 0.05) is 0 Å². The van der Waals surface area contributed by atoms with E-state index in [9.17, 15) is 0 Å². The molecule has 8 aliphatic carbocycles. The Bertz CT molecular complexity index is 470. The second-order valence-electron chi connectivity index (χ2n) is 10.7. The van der Waals surface area contributed by atoms with Gasteiger partial charge in [-0.2, -0.15) is 10.2 Å². The molecule has 0 atom stereocenters. The molecule has 0 aromatic heterocycles. The summed E-state index contributed by atoms with van der Waals surface area (Å²) in [6.45, 7) is 0. The lowest BCUT2D eigenvalue weighted by molar-refractivity contribution is -0.00540. The fraction of sp³-hybridized carbons (Fsp3) is 1.00. The van der Waals surface area contributed by atoms with E-state index in [1.54, 1.807) is 0 Å². The molecule has 0 aromatic rings. The maximum absolute atomic E-state index is 4.80. The van der Waals surface area contributed by atoms with Crippen molar-refractivity contribution in [2.75, 3.05) is 0 Å². The van der Waals surface area contributed by atoms with Gasteiger partial charge >= 0.3 is 0 Å². The van der Waals surface area contributed by atoms with Gasteiger partial charge in [-0.3, -0.25) is 0 Å². The minimum Gasteiger partial charge on any atom is -0.161 e. The molecule has 0 radical (unpaired) electrons. The number of rotatable bonds is 3. The van der Waals surface area contributed by atoms with Gasteiger partial charge in [-0.1, -0.05) is 0 Å². The van der Waals surface area contributed by atoms with Gasteiger partial charge in [-0.05, 0) is 123 Å². The molecule has 24 heavy (non-hydrogen) atoms. The van der Waals surface area contributed by atoms with Crippen LogP contribution < -0.4 is 0 Å². The highest BCUT2D eigenvalue weighted by Gasteiger charge is 2.52. The summed E-state index contributed by atoms with van der Waals surface area (Å²) in [5.74, 6) is 5.56. The van der Waals surface area contributed by atoms with Crippen LogP contribution in [0.5, 0.6) is 0 Å². The van der Waals surface area contributed by atoms with Gasteiger partial charge in [-0.15, -0.1) is 0 Å². The summed E-state index contributed by atoms with van der Waals surface area (Å²) in [6.07, 6.45) is 16.4. The highest BCUT2D eigenvalue weighted by Crippen LogP contribution is 2.58. The third-order valence-electron chi connectivity index (χ3n) is 8.57. The molecule has 0 N–H and O–H groups in total. The molecule has 8 fully saturated rings. The lowest BCUT2D eigenvalue weighted by Crippen LogP contribution is -2.49. The fourth-order valence-electron chi connectivity index (χ4n) is 8.60. The van der Waals surface area contributed by atoms with Crippen LogP contribution in [-0.4, -0.2) is 11.1 Å². The van der Waals surface area contributed by atoms with E-state index < -0.39 is 0 Å². The van der Waals surface area contributed by atoms with Crippen LogP contribution in [0.2, 0.25) is 0 Å². The van der Waals surface area contributed by atoms with Gasteiger partial charge in [0.2, 0.25) is 0 Å². The number of hydrogen-bond donors (Lipinski definition) is 0. The van der Waals surface area contributed by atoms with Gasteiger partial charge in [0.1, 0.15) is 0 Å². The van der Waals surface area contributed by atoms with Crippen LogP contribution >= 0.6 is 0 Å². The van der Waals surface area contributed by atoms with Crippen LogP contribution in [0.4, 0.5) is 0 Å². The average Bonchev–Trinajstić information content (AvgIpc) is 2.49. The number of nitrogens with zero attached hydrogens (tertiary/aromatic N) is 4. The van der Waals surface area contributed by atoms with E-state index in [-0.39, 0.29) is 11.1 Å². The van der Waals surface area contributed by atoms with Crippen molar-refractivity contribution in [3.63, 3.8) is 0 Å². The minimum atomic E-state index is 0.148. The van der Waals surface area contributed by atoms with E-state index in [0.717, 1.165) is 35.5 Å². The van der Waals surface area contributed by atoms with Gasteiger partial charge in [0.25, 0.3) is 0 Å². The van der Waals surface area contributed by atoms with Crippen molar-refractivity contribution >= 4 is 0 Å². The lowest BCUT2D eigenvalue weighted by Gasteiger charge is -2.54. The molecule has 0 amide bonds. The first-order chi connectivity index (χ1) is 11.7. The first-order valence-corrected chi connectivity index (χ1v) is 10.5. The molecule has 4 heteroatoms. The zero-order valence-corrected chi connectivity index (χ0v) is 14.7. The molecule has 8 bridgehead atoms. The van der Waals surface area contributed by atoms with Crippen molar-refractivity contribution in [2.24, 2.45) is 56.2 Å². The standard InChI is InChI=1S/C20H30N4/c1-13-2-15-3-14(1)8-19(7-13,9-15)21-23-24-22-20-10-16-4-17(11-20)6-18(5-16)12-20/h13-18H,1-12H2. The van der Waals surface area contributed by atoms with E-state index in [2.05, 4.69) is 10.4 Å². The van der Waals surface area contributed by atoms with Gasteiger partial charge < -0.3 is 0 Å². The van der Waals surface area contributed by atoms with E-state index in [0.29, 0.717) is 0 Å². The van der Waals surface area contributed by atoms with Crippen molar-refractivity contribution in [2.45, 2.75) is 88.1 Å². The fourth-order valence-corrected chi connectivity index (χ4v) is 8.60. The summed E-state index contributed by atoms with van der Waals surface area (Å²) in [6, 6.07) is 0. The van der Waals surface area contributed by atoms with E-state index in [1.807, 2.05) is 0 Å². The summed E-state index contributed by atoms with van der Waals surface area (Å²) in [7, 11) is 0.